The first kappa shape index (κ1) is 13.0. The van der Waals surface area contributed by atoms with Crippen LogP contribution >= 0.6 is 27.3 Å². The molecule has 0 aromatic carbocycles. The molecule has 1 aromatic heterocycles. The Kier molecular flexibility index (Phi) is 4.97. The molecule has 1 fully saturated rings. The van der Waals surface area contributed by atoms with Crippen molar-refractivity contribution < 1.29 is 9.53 Å². The van der Waals surface area contributed by atoms with E-state index in [0.717, 1.165) is 42.2 Å². The predicted molar refractivity (Wildman–Crippen MR) is 71.6 cm³/mol. The number of halogens is 1. The minimum atomic E-state index is 0.000194. The van der Waals surface area contributed by atoms with Crippen LogP contribution in [0.15, 0.2) is 15.2 Å². The third-order valence-electron chi connectivity index (χ3n) is 2.65. The van der Waals surface area contributed by atoms with Gasteiger partial charge in [-0.3, -0.25) is 9.69 Å². The Morgan fingerprint density at radius 3 is 2.94 bits per heavy atom. The molecule has 94 valence electrons. The lowest BCUT2D eigenvalue weighted by atomic mass is 10.3. The number of carbonyl (C=O) groups is 1. The maximum atomic E-state index is 11.7. The zero-order valence-corrected chi connectivity index (χ0v) is 11.8. The van der Waals surface area contributed by atoms with E-state index in [1.165, 1.54) is 11.3 Å². The van der Waals surface area contributed by atoms with Gasteiger partial charge in [0.25, 0.3) is 5.91 Å². The van der Waals surface area contributed by atoms with E-state index in [1.807, 2.05) is 11.4 Å². The summed E-state index contributed by atoms with van der Waals surface area (Å²) in [7, 11) is 0. The number of hydrogen-bond donors (Lipinski definition) is 1. The summed E-state index contributed by atoms with van der Waals surface area (Å²) in [6.07, 6.45) is 0. The van der Waals surface area contributed by atoms with Crippen LogP contribution in [-0.4, -0.2) is 50.2 Å². The molecule has 2 rings (SSSR count). The number of morpholine rings is 1. The Balaban J connectivity index is 1.69. The van der Waals surface area contributed by atoms with Crippen molar-refractivity contribution in [1.29, 1.82) is 0 Å². The molecule has 2 heterocycles. The third kappa shape index (κ3) is 4.06. The number of nitrogens with one attached hydrogen (secondary N) is 1. The lowest BCUT2D eigenvalue weighted by Crippen LogP contribution is -2.41. The van der Waals surface area contributed by atoms with E-state index in [4.69, 9.17) is 4.74 Å². The van der Waals surface area contributed by atoms with Crippen molar-refractivity contribution in [2.75, 3.05) is 39.4 Å². The smallest absolute Gasteiger partial charge is 0.252 e. The molecule has 1 amide bonds. The van der Waals surface area contributed by atoms with Gasteiger partial charge in [-0.1, -0.05) is 0 Å². The fourth-order valence-corrected chi connectivity index (χ4v) is 2.82. The number of carbonyl (C=O) groups excluding carboxylic acids is 1. The number of thiophene rings is 1. The molecule has 0 atom stereocenters. The molecule has 0 bridgehead atoms. The molecule has 6 heteroatoms. The summed E-state index contributed by atoms with van der Waals surface area (Å²) in [4.78, 5) is 14.0. The van der Waals surface area contributed by atoms with E-state index < -0.39 is 0 Å². The SMILES string of the molecule is O=C(NCCN1CCOCC1)c1csc(Br)c1. The minimum absolute atomic E-state index is 0.000194. The van der Waals surface area contributed by atoms with Crippen LogP contribution in [0.25, 0.3) is 0 Å². The summed E-state index contributed by atoms with van der Waals surface area (Å²) in [5.41, 5.74) is 0.726. The standard InChI is InChI=1S/C11H15BrN2O2S/c12-10-7-9(8-17-10)11(15)13-1-2-14-3-5-16-6-4-14/h7-8H,1-6H2,(H,13,15). The van der Waals surface area contributed by atoms with Gasteiger partial charge in [0.1, 0.15) is 0 Å². The molecule has 0 saturated carbocycles. The van der Waals surface area contributed by atoms with Gasteiger partial charge in [-0.15, -0.1) is 11.3 Å². The van der Waals surface area contributed by atoms with Crippen LogP contribution in [0.5, 0.6) is 0 Å². The van der Waals surface area contributed by atoms with Crippen LogP contribution in [0.4, 0.5) is 0 Å². The number of hydrogen-bond acceptors (Lipinski definition) is 4. The minimum Gasteiger partial charge on any atom is -0.379 e. The Morgan fingerprint density at radius 2 is 2.29 bits per heavy atom. The van der Waals surface area contributed by atoms with Crippen LogP contribution in [-0.2, 0) is 4.74 Å². The van der Waals surface area contributed by atoms with E-state index in [2.05, 4.69) is 26.1 Å². The molecule has 1 aliphatic rings. The number of nitrogens with zero attached hydrogens (tertiary/aromatic N) is 1. The van der Waals surface area contributed by atoms with Gasteiger partial charge in [-0.25, -0.2) is 0 Å². The number of rotatable bonds is 4. The molecule has 0 radical (unpaired) electrons. The molecule has 4 nitrogen and oxygen atoms in total. The van der Waals surface area contributed by atoms with Crippen molar-refractivity contribution in [3.8, 4) is 0 Å². The van der Waals surface area contributed by atoms with Crippen molar-refractivity contribution in [2.45, 2.75) is 0 Å². The van der Waals surface area contributed by atoms with E-state index in [-0.39, 0.29) is 5.91 Å². The average molecular weight is 319 g/mol. The zero-order chi connectivity index (χ0) is 12.1. The second kappa shape index (κ2) is 6.49. The highest BCUT2D eigenvalue weighted by Crippen LogP contribution is 2.20. The first-order valence-electron chi connectivity index (χ1n) is 5.58. The maximum absolute atomic E-state index is 11.7. The van der Waals surface area contributed by atoms with Crippen LogP contribution in [0.1, 0.15) is 10.4 Å². The Labute approximate surface area is 113 Å². The van der Waals surface area contributed by atoms with Gasteiger partial charge < -0.3 is 10.1 Å². The Hall–Kier alpha value is -0.430. The summed E-state index contributed by atoms with van der Waals surface area (Å²) < 4.78 is 6.25. The highest BCUT2D eigenvalue weighted by atomic mass is 79.9. The third-order valence-corrected chi connectivity index (χ3v) is 4.15. The van der Waals surface area contributed by atoms with Crippen LogP contribution in [0.3, 0.4) is 0 Å². The normalized spacial score (nSPS) is 17.0. The second-order valence-corrected chi connectivity index (χ2v) is 6.14. The van der Waals surface area contributed by atoms with Gasteiger partial charge in [-0.2, -0.15) is 0 Å². The molecular formula is C11H15BrN2O2S. The van der Waals surface area contributed by atoms with E-state index in [9.17, 15) is 4.79 Å². The van der Waals surface area contributed by atoms with Gasteiger partial charge in [0, 0.05) is 31.6 Å². The maximum Gasteiger partial charge on any atom is 0.252 e. The summed E-state index contributed by atoms with van der Waals surface area (Å²) in [5.74, 6) is 0.000194. The quantitative estimate of drug-likeness (QED) is 0.916. The molecule has 1 aromatic rings. The van der Waals surface area contributed by atoms with Gasteiger partial charge in [0.15, 0.2) is 0 Å². The van der Waals surface area contributed by atoms with Crippen LogP contribution in [0, 0.1) is 0 Å². The topological polar surface area (TPSA) is 41.6 Å². The lowest BCUT2D eigenvalue weighted by molar-refractivity contribution is 0.0383. The zero-order valence-electron chi connectivity index (χ0n) is 9.45. The van der Waals surface area contributed by atoms with E-state index in [1.54, 1.807) is 0 Å². The summed E-state index contributed by atoms with van der Waals surface area (Å²) in [5, 5.41) is 4.78. The number of ether oxygens (including phenoxy) is 1. The summed E-state index contributed by atoms with van der Waals surface area (Å²) in [6.45, 7) is 5.09. The second-order valence-electron chi connectivity index (χ2n) is 3.85. The molecule has 0 unspecified atom stereocenters. The molecule has 0 spiro atoms. The highest BCUT2D eigenvalue weighted by Gasteiger charge is 2.11. The lowest BCUT2D eigenvalue weighted by Gasteiger charge is -2.26. The average Bonchev–Trinajstić information content (AvgIpc) is 2.77. The largest absolute Gasteiger partial charge is 0.379 e. The van der Waals surface area contributed by atoms with Gasteiger partial charge in [0.05, 0.1) is 22.6 Å². The highest BCUT2D eigenvalue weighted by molar-refractivity contribution is 9.11. The Bertz CT molecular complexity index is 377. The van der Waals surface area contributed by atoms with Crippen molar-refractivity contribution in [2.24, 2.45) is 0 Å². The Morgan fingerprint density at radius 1 is 1.53 bits per heavy atom. The first-order chi connectivity index (χ1) is 8.25. The van der Waals surface area contributed by atoms with Crippen molar-refractivity contribution in [1.82, 2.24) is 10.2 Å². The summed E-state index contributed by atoms with van der Waals surface area (Å²) >= 11 is 4.87. The molecule has 1 N–H and O–H groups in total. The molecule has 1 aliphatic heterocycles. The predicted octanol–water partition coefficient (Wildman–Crippen LogP) is 1.57. The monoisotopic (exact) mass is 318 g/mol. The fraction of sp³-hybridized carbons (Fsp3) is 0.545. The summed E-state index contributed by atoms with van der Waals surface area (Å²) in [6, 6.07) is 1.84. The molecule has 1 saturated heterocycles. The first-order valence-corrected chi connectivity index (χ1v) is 7.25. The van der Waals surface area contributed by atoms with Crippen LogP contribution in [0.2, 0.25) is 0 Å². The number of amides is 1. The van der Waals surface area contributed by atoms with E-state index >= 15 is 0 Å². The van der Waals surface area contributed by atoms with Gasteiger partial charge in [0.2, 0.25) is 0 Å². The molecule has 17 heavy (non-hydrogen) atoms. The van der Waals surface area contributed by atoms with Crippen molar-refractivity contribution in [3.63, 3.8) is 0 Å². The van der Waals surface area contributed by atoms with Crippen molar-refractivity contribution >= 4 is 33.2 Å². The van der Waals surface area contributed by atoms with Crippen molar-refractivity contribution in [3.05, 3.63) is 20.8 Å². The molecule has 0 aliphatic carbocycles. The van der Waals surface area contributed by atoms with Gasteiger partial charge in [-0.05, 0) is 22.0 Å². The van der Waals surface area contributed by atoms with Crippen LogP contribution < -0.4 is 5.32 Å². The molecular weight excluding hydrogens is 304 g/mol. The fourth-order valence-electron chi connectivity index (χ4n) is 1.68. The van der Waals surface area contributed by atoms with Gasteiger partial charge >= 0.3 is 0 Å². The van der Waals surface area contributed by atoms with E-state index in [0.29, 0.717) is 6.54 Å².